The van der Waals surface area contributed by atoms with E-state index in [4.69, 9.17) is 9.15 Å². The molecule has 0 spiro atoms. The SMILES string of the molecule is COCCn1nnnc1CN(Cc1ccco1)Cc1cc2ccc(C)cc2[nH]c1=O. The number of benzene rings is 1. The van der Waals surface area contributed by atoms with Crippen LogP contribution >= 0.6 is 0 Å². The number of rotatable bonds is 9. The molecule has 156 valence electrons. The van der Waals surface area contributed by atoms with E-state index >= 15 is 0 Å². The lowest BCUT2D eigenvalue weighted by Gasteiger charge is -2.20. The Morgan fingerprint density at radius 2 is 2.10 bits per heavy atom. The van der Waals surface area contributed by atoms with Gasteiger partial charge in [-0.15, -0.1) is 5.10 Å². The lowest BCUT2D eigenvalue weighted by Crippen LogP contribution is -2.28. The maximum absolute atomic E-state index is 12.7. The highest BCUT2D eigenvalue weighted by Gasteiger charge is 2.16. The zero-order valence-electron chi connectivity index (χ0n) is 17.0. The van der Waals surface area contributed by atoms with Gasteiger partial charge in [-0.3, -0.25) is 9.69 Å². The van der Waals surface area contributed by atoms with Crippen LogP contribution in [0.15, 0.2) is 51.9 Å². The minimum atomic E-state index is -0.100. The number of nitrogens with one attached hydrogen (secondary N) is 1. The van der Waals surface area contributed by atoms with Crippen LogP contribution in [0.5, 0.6) is 0 Å². The number of hydrogen-bond acceptors (Lipinski definition) is 7. The number of H-pyrrole nitrogens is 1. The second-order valence-corrected chi connectivity index (χ2v) is 7.25. The van der Waals surface area contributed by atoms with Crippen molar-refractivity contribution < 1.29 is 9.15 Å². The quantitative estimate of drug-likeness (QED) is 0.453. The lowest BCUT2D eigenvalue weighted by atomic mass is 10.1. The Hall–Kier alpha value is -3.30. The van der Waals surface area contributed by atoms with Gasteiger partial charge >= 0.3 is 0 Å². The molecule has 1 aromatic carbocycles. The second kappa shape index (κ2) is 9.02. The highest BCUT2D eigenvalue weighted by Crippen LogP contribution is 2.16. The summed E-state index contributed by atoms with van der Waals surface area (Å²) in [5, 5.41) is 13.0. The van der Waals surface area contributed by atoms with Gasteiger partial charge in [0.2, 0.25) is 0 Å². The number of aryl methyl sites for hydroxylation is 1. The molecule has 9 heteroatoms. The van der Waals surface area contributed by atoms with Crippen molar-refractivity contribution in [1.82, 2.24) is 30.1 Å². The number of nitrogens with zero attached hydrogens (tertiary/aromatic N) is 5. The number of furan rings is 1. The van der Waals surface area contributed by atoms with Crippen molar-refractivity contribution >= 4 is 10.9 Å². The van der Waals surface area contributed by atoms with Gasteiger partial charge in [-0.2, -0.15) is 0 Å². The number of tetrazole rings is 1. The summed E-state index contributed by atoms with van der Waals surface area (Å²) in [6, 6.07) is 11.7. The fraction of sp³-hybridized carbons (Fsp3) is 0.333. The first-order valence-electron chi connectivity index (χ1n) is 9.73. The Kier molecular flexibility index (Phi) is 6.01. The molecule has 0 radical (unpaired) electrons. The minimum absolute atomic E-state index is 0.100. The number of aromatic amines is 1. The molecule has 4 aromatic rings. The van der Waals surface area contributed by atoms with E-state index in [0.717, 1.165) is 22.2 Å². The van der Waals surface area contributed by atoms with Gasteiger partial charge in [0, 0.05) is 24.7 Å². The predicted molar refractivity (Wildman–Crippen MR) is 111 cm³/mol. The topological polar surface area (TPSA) is 102 Å². The highest BCUT2D eigenvalue weighted by atomic mass is 16.5. The molecule has 3 heterocycles. The van der Waals surface area contributed by atoms with Crippen LogP contribution in [0.3, 0.4) is 0 Å². The van der Waals surface area contributed by atoms with E-state index < -0.39 is 0 Å². The molecule has 0 unspecified atom stereocenters. The summed E-state index contributed by atoms with van der Waals surface area (Å²) in [6.45, 7) is 4.49. The van der Waals surface area contributed by atoms with Crippen LogP contribution in [-0.4, -0.2) is 43.8 Å². The monoisotopic (exact) mass is 408 g/mol. The van der Waals surface area contributed by atoms with Gasteiger partial charge in [-0.05, 0) is 52.6 Å². The van der Waals surface area contributed by atoms with Gasteiger partial charge in [0.05, 0.1) is 32.5 Å². The summed E-state index contributed by atoms with van der Waals surface area (Å²) in [7, 11) is 1.64. The number of pyridine rings is 1. The number of methoxy groups -OCH3 is 1. The van der Waals surface area contributed by atoms with E-state index in [-0.39, 0.29) is 5.56 Å². The average Bonchev–Trinajstić information content (AvgIpc) is 3.39. The molecule has 0 aliphatic carbocycles. The summed E-state index contributed by atoms with van der Waals surface area (Å²) >= 11 is 0. The lowest BCUT2D eigenvalue weighted by molar-refractivity contribution is 0.176. The van der Waals surface area contributed by atoms with Crippen molar-refractivity contribution in [2.45, 2.75) is 33.1 Å². The van der Waals surface area contributed by atoms with Gasteiger partial charge in [0.15, 0.2) is 5.82 Å². The van der Waals surface area contributed by atoms with Gasteiger partial charge in [0.1, 0.15) is 5.76 Å². The normalized spacial score (nSPS) is 11.6. The minimum Gasteiger partial charge on any atom is -0.468 e. The summed E-state index contributed by atoms with van der Waals surface area (Å²) in [6.07, 6.45) is 1.64. The number of fused-ring (bicyclic) bond motifs is 1. The molecular weight excluding hydrogens is 384 g/mol. The Bertz CT molecular complexity index is 1170. The molecule has 0 amide bonds. The van der Waals surface area contributed by atoms with Crippen LogP contribution in [0.25, 0.3) is 10.9 Å². The third-order valence-electron chi connectivity index (χ3n) is 4.91. The predicted octanol–water partition coefficient (Wildman–Crippen LogP) is 2.26. The molecule has 0 saturated heterocycles. The molecule has 0 aliphatic rings. The van der Waals surface area contributed by atoms with E-state index in [1.807, 2.05) is 43.3 Å². The van der Waals surface area contributed by atoms with Gasteiger partial charge < -0.3 is 14.1 Å². The van der Waals surface area contributed by atoms with E-state index in [9.17, 15) is 4.79 Å². The largest absolute Gasteiger partial charge is 0.468 e. The van der Waals surface area contributed by atoms with Crippen LogP contribution in [0.4, 0.5) is 0 Å². The van der Waals surface area contributed by atoms with Crippen molar-refractivity contribution in [3.63, 3.8) is 0 Å². The molecule has 0 saturated carbocycles. The van der Waals surface area contributed by atoms with Crippen molar-refractivity contribution in [3.05, 3.63) is 75.7 Å². The summed E-state index contributed by atoms with van der Waals surface area (Å²) in [5.74, 6) is 1.50. The Balaban J connectivity index is 1.61. The molecule has 0 atom stereocenters. The molecule has 30 heavy (non-hydrogen) atoms. The van der Waals surface area contributed by atoms with Crippen molar-refractivity contribution in [2.75, 3.05) is 13.7 Å². The average molecular weight is 408 g/mol. The fourth-order valence-corrected chi connectivity index (χ4v) is 3.40. The van der Waals surface area contributed by atoms with Crippen molar-refractivity contribution in [2.24, 2.45) is 0 Å². The van der Waals surface area contributed by atoms with E-state index in [1.165, 1.54) is 0 Å². The number of ether oxygens (including phenoxy) is 1. The Morgan fingerprint density at radius 3 is 2.90 bits per heavy atom. The molecule has 4 rings (SSSR count). The Morgan fingerprint density at radius 1 is 1.20 bits per heavy atom. The Labute approximate surface area is 173 Å². The summed E-state index contributed by atoms with van der Waals surface area (Å²) < 4.78 is 12.4. The molecule has 1 N–H and O–H groups in total. The summed E-state index contributed by atoms with van der Waals surface area (Å²) in [5.41, 5.74) is 2.52. The molecule has 0 aliphatic heterocycles. The van der Waals surface area contributed by atoms with Crippen LogP contribution in [0.1, 0.15) is 22.7 Å². The van der Waals surface area contributed by atoms with Crippen LogP contribution in [0.2, 0.25) is 0 Å². The molecule has 3 aromatic heterocycles. The number of hydrogen-bond donors (Lipinski definition) is 1. The van der Waals surface area contributed by atoms with Crippen molar-refractivity contribution in [1.29, 1.82) is 0 Å². The zero-order chi connectivity index (χ0) is 20.9. The molecule has 9 nitrogen and oxygen atoms in total. The van der Waals surface area contributed by atoms with Crippen LogP contribution in [0, 0.1) is 6.92 Å². The van der Waals surface area contributed by atoms with Crippen molar-refractivity contribution in [3.8, 4) is 0 Å². The second-order valence-electron chi connectivity index (χ2n) is 7.25. The van der Waals surface area contributed by atoms with Gasteiger partial charge in [-0.1, -0.05) is 12.1 Å². The van der Waals surface area contributed by atoms with E-state index in [0.29, 0.717) is 44.2 Å². The third kappa shape index (κ3) is 4.64. The van der Waals surface area contributed by atoms with Crippen LogP contribution < -0.4 is 5.56 Å². The first-order chi connectivity index (χ1) is 14.6. The fourth-order valence-electron chi connectivity index (χ4n) is 3.40. The van der Waals surface area contributed by atoms with E-state index in [2.05, 4.69) is 25.4 Å². The van der Waals surface area contributed by atoms with Crippen LogP contribution in [-0.2, 0) is 30.9 Å². The maximum Gasteiger partial charge on any atom is 0.252 e. The standard InChI is InChI=1S/C21H24N6O3/c1-15-5-6-16-11-17(21(28)22-19(16)10-15)12-26(13-18-4-3-8-30-18)14-20-23-24-25-27(20)7-9-29-2/h3-6,8,10-11H,7,9,12-14H2,1-2H3,(H,22,28). The third-order valence-corrected chi connectivity index (χ3v) is 4.91. The molecule has 0 fully saturated rings. The summed E-state index contributed by atoms with van der Waals surface area (Å²) in [4.78, 5) is 17.8. The molecule has 0 bridgehead atoms. The number of aromatic nitrogens is 5. The van der Waals surface area contributed by atoms with Gasteiger partial charge in [0.25, 0.3) is 5.56 Å². The maximum atomic E-state index is 12.7. The van der Waals surface area contributed by atoms with E-state index in [1.54, 1.807) is 18.1 Å². The zero-order valence-corrected chi connectivity index (χ0v) is 17.0. The highest BCUT2D eigenvalue weighted by molar-refractivity contribution is 5.79. The molecular formula is C21H24N6O3. The first-order valence-corrected chi connectivity index (χ1v) is 9.73. The first kappa shape index (κ1) is 20.0. The smallest absolute Gasteiger partial charge is 0.252 e. The van der Waals surface area contributed by atoms with Gasteiger partial charge in [-0.25, -0.2) is 4.68 Å².